The summed E-state index contributed by atoms with van der Waals surface area (Å²) in [6, 6.07) is 0.577. The predicted molar refractivity (Wildman–Crippen MR) is 74.5 cm³/mol. The van der Waals surface area contributed by atoms with Crippen LogP contribution in [-0.2, 0) is 0 Å². The van der Waals surface area contributed by atoms with Crippen LogP contribution < -0.4 is 10.6 Å². The molecule has 2 aromatic heterocycles. The van der Waals surface area contributed by atoms with Gasteiger partial charge in [-0.3, -0.25) is 4.57 Å². The minimum Gasteiger partial charge on any atom is -0.368 e. The summed E-state index contributed by atoms with van der Waals surface area (Å²) in [5, 5.41) is 0. The van der Waals surface area contributed by atoms with Crippen molar-refractivity contribution in [2.75, 3.05) is 17.2 Å². The summed E-state index contributed by atoms with van der Waals surface area (Å²) >= 11 is 0. The summed E-state index contributed by atoms with van der Waals surface area (Å²) in [7, 11) is 0. The van der Waals surface area contributed by atoms with Gasteiger partial charge in [0.2, 0.25) is 17.8 Å². The molecule has 2 aliphatic carbocycles. The van der Waals surface area contributed by atoms with Gasteiger partial charge in [-0.05, 0) is 31.6 Å². The molecule has 7 heteroatoms. The van der Waals surface area contributed by atoms with Gasteiger partial charge in [0.25, 0.3) is 0 Å². The van der Waals surface area contributed by atoms with Crippen molar-refractivity contribution in [1.82, 2.24) is 24.5 Å². The minimum absolute atomic E-state index is 0.264. The summed E-state index contributed by atoms with van der Waals surface area (Å²) < 4.78 is 1.75. The first-order chi connectivity index (χ1) is 9.79. The largest absolute Gasteiger partial charge is 0.368 e. The monoisotopic (exact) mass is 271 g/mol. The fourth-order valence-corrected chi connectivity index (χ4v) is 2.35. The van der Waals surface area contributed by atoms with Gasteiger partial charge in [-0.1, -0.05) is 0 Å². The molecule has 0 unspecified atom stereocenters. The van der Waals surface area contributed by atoms with E-state index in [4.69, 9.17) is 5.73 Å². The molecule has 2 N–H and O–H groups in total. The number of nitrogens with zero attached hydrogens (tertiary/aromatic N) is 6. The van der Waals surface area contributed by atoms with Gasteiger partial charge < -0.3 is 10.6 Å². The average Bonchev–Trinajstić information content (AvgIpc) is 3.35. The molecule has 0 bridgehead atoms. The van der Waals surface area contributed by atoms with Crippen LogP contribution in [0.2, 0.25) is 0 Å². The summed E-state index contributed by atoms with van der Waals surface area (Å²) in [5.74, 6) is 2.30. The van der Waals surface area contributed by atoms with Gasteiger partial charge in [-0.2, -0.15) is 15.0 Å². The third-order valence-corrected chi connectivity index (χ3v) is 3.76. The summed E-state index contributed by atoms with van der Waals surface area (Å²) in [4.78, 5) is 19.4. The number of nitrogens with two attached hydrogens (primary N) is 1. The van der Waals surface area contributed by atoms with E-state index in [9.17, 15) is 0 Å². The van der Waals surface area contributed by atoms with Crippen molar-refractivity contribution < 1.29 is 0 Å². The molecule has 0 amide bonds. The van der Waals surface area contributed by atoms with E-state index >= 15 is 0 Å². The van der Waals surface area contributed by atoms with E-state index in [-0.39, 0.29) is 5.95 Å². The number of rotatable bonds is 5. The van der Waals surface area contributed by atoms with Gasteiger partial charge in [0.05, 0.1) is 0 Å². The normalized spacial score (nSPS) is 18.2. The van der Waals surface area contributed by atoms with Crippen molar-refractivity contribution in [2.45, 2.75) is 31.7 Å². The van der Waals surface area contributed by atoms with E-state index in [1.807, 2.05) is 0 Å². The Morgan fingerprint density at radius 2 is 2.05 bits per heavy atom. The smallest absolute Gasteiger partial charge is 0.241 e. The van der Waals surface area contributed by atoms with Crippen LogP contribution in [0.5, 0.6) is 0 Å². The molecule has 20 heavy (non-hydrogen) atoms. The van der Waals surface area contributed by atoms with Crippen LogP contribution in [0.1, 0.15) is 25.7 Å². The molecule has 0 aliphatic heterocycles. The second-order valence-electron chi connectivity index (χ2n) is 5.59. The lowest BCUT2D eigenvalue weighted by atomic mass is 10.3. The van der Waals surface area contributed by atoms with Gasteiger partial charge in [0.15, 0.2) is 0 Å². The molecule has 0 saturated heterocycles. The minimum atomic E-state index is 0.264. The maximum absolute atomic E-state index is 5.85. The number of imidazole rings is 1. The summed E-state index contributed by atoms with van der Waals surface area (Å²) in [6.45, 7) is 1.04. The Bertz CT molecular complexity index is 601. The molecular formula is C13H17N7. The molecule has 2 aliphatic rings. The Morgan fingerprint density at radius 1 is 1.20 bits per heavy atom. The highest BCUT2D eigenvalue weighted by Crippen LogP contribution is 2.36. The molecule has 0 radical (unpaired) electrons. The molecule has 2 fully saturated rings. The van der Waals surface area contributed by atoms with E-state index in [0.717, 1.165) is 12.5 Å². The van der Waals surface area contributed by atoms with Crippen LogP contribution >= 0.6 is 0 Å². The first-order valence-electron chi connectivity index (χ1n) is 7.06. The van der Waals surface area contributed by atoms with E-state index in [1.165, 1.54) is 25.7 Å². The Kier molecular flexibility index (Phi) is 2.58. The molecule has 7 nitrogen and oxygen atoms in total. The molecule has 104 valence electrons. The fourth-order valence-electron chi connectivity index (χ4n) is 2.35. The highest BCUT2D eigenvalue weighted by atomic mass is 15.3. The number of hydrogen-bond acceptors (Lipinski definition) is 6. The molecule has 0 spiro atoms. The zero-order chi connectivity index (χ0) is 13.5. The highest BCUT2D eigenvalue weighted by Gasteiger charge is 2.35. The highest BCUT2D eigenvalue weighted by molar-refractivity contribution is 5.40. The second kappa shape index (κ2) is 4.43. The van der Waals surface area contributed by atoms with Crippen molar-refractivity contribution in [1.29, 1.82) is 0 Å². The Hall–Kier alpha value is -2.18. The van der Waals surface area contributed by atoms with Gasteiger partial charge >= 0.3 is 0 Å². The topological polar surface area (TPSA) is 85.8 Å². The molecule has 4 rings (SSSR count). The van der Waals surface area contributed by atoms with E-state index < -0.39 is 0 Å². The third kappa shape index (κ3) is 2.31. The zero-order valence-electron chi connectivity index (χ0n) is 11.2. The van der Waals surface area contributed by atoms with Crippen molar-refractivity contribution in [3.63, 3.8) is 0 Å². The van der Waals surface area contributed by atoms with Crippen LogP contribution in [-0.4, -0.2) is 37.1 Å². The first kappa shape index (κ1) is 11.6. The Labute approximate surface area is 116 Å². The molecule has 2 saturated carbocycles. The number of anilines is 2. The molecule has 0 aromatic carbocycles. The van der Waals surface area contributed by atoms with Crippen molar-refractivity contribution in [3.8, 4) is 5.95 Å². The standard InChI is InChI=1S/C13H17N7/c14-11-16-12(19-6-5-15-8-19)18-13(17-11)20(10-3-4-10)7-9-1-2-9/h5-6,8-10H,1-4,7H2,(H2,14,16,17,18). The Balaban J connectivity index is 1.68. The van der Waals surface area contributed by atoms with Gasteiger partial charge in [0.1, 0.15) is 6.33 Å². The molecule has 0 atom stereocenters. The summed E-state index contributed by atoms with van der Waals surface area (Å²) in [5.41, 5.74) is 5.85. The third-order valence-electron chi connectivity index (χ3n) is 3.76. The lowest BCUT2D eigenvalue weighted by Crippen LogP contribution is -2.30. The lowest BCUT2D eigenvalue weighted by molar-refractivity contribution is 0.691. The Morgan fingerprint density at radius 3 is 2.70 bits per heavy atom. The number of nitrogen functional groups attached to an aromatic ring is 1. The van der Waals surface area contributed by atoms with Crippen LogP contribution in [0.15, 0.2) is 18.7 Å². The van der Waals surface area contributed by atoms with Crippen molar-refractivity contribution in [2.24, 2.45) is 5.92 Å². The predicted octanol–water partition coefficient (Wildman–Crippen LogP) is 1.02. The summed E-state index contributed by atoms with van der Waals surface area (Å²) in [6.07, 6.45) is 10.2. The maximum atomic E-state index is 5.85. The maximum Gasteiger partial charge on any atom is 0.241 e. The van der Waals surface area contributed by atoms with Crippen molar-refractivity contribution >= 4 is 11.9 Å². The fraction of sp³-hybridized carbons (Fsp3) is 0.538. The van der Waals surface area contributed by atoms with Crippen LogP contribution in [0, 0.1) is 5.92 Å². The van der Waals surface area contributed by atoms with Crippen molar-refractivity contribution in [3.05, 3.63) is 18.7 Å². The van der Waals surface area contributed by atoms with E-state index in [2.05, 4.69) is 24.8 Å². The number of aromatic nitrogens is 5. The zero-order valence-corrected chi connectivity index (χ0v) is 11.2. The SMILES string of the molecule is Nc1nc(N(CC2CC2)C2CC2)nc(-n2ccnc2)n1. The molecule has 2 heterocycles. The quantitative estimate of drug-likeness (QED) is 0.873. The van der Waals surface area contributed by atoms with Crippen LogP contribution in [0.4, 0.5) is 11.9 Å². The first-order valence-corrected chi connectivity index (χ1v) is 7.06. The van der Waals surface area contributed by atoms with Gasteiger partial charge in [0, 0.05) is 25.0 Å². The second-order valence-corrected chi connectivity index (χ2v) is 5.59. The van der Waals surface area contributed by atoms with Gasteiger partial charge in [-0.15, -0.1) is 0 Å². The molecular weight excluding hydrogens is 254 g/mol. The average molecular weight is 271 g/mol. The van der Waals surface area contributed by atoms with E-state index in [0.29, 0.717) is 17.9 Å². The lowest BCUT2D eigenvalue weighted by Gasteiger charge is -2.22. The molecule has 2 aromatic rings. The van der Waals surface area contributed by atoms with Gasteiger partial charge in [-0.25, -0.2) is 4.98 Å². The van der Waals surface area contributed by atoms with Crippen LogP contribution in [0.3, 0.4) is 0 Å². The van der Waals surface area contributed by atoms with Crippen LogP contribution in [0.25, 0.3) is 5.95 Å². The number of hydrogen-bond donors (Lipinski definition) is 1. The van der Waals surface area contributed by atoms with E-state index in [1.54, 1.807) is 23.3 Å².